The maximum absolute atomic E-state index is 11.4. The van der Waals surface area contributed by atoms with Crippen LogP contribution in [0, 0.1) is 0 Å². The molecule has 0 amide bonds. The Bertz CT molecular complexity index is 808. The van der Waals surface area contributed by atoms with Crippen LogP contribution in [0.2, 0.25) is 5.02 Å². The Labute approximate surface area is 145 Å². The minimum absolute atomic E-state index is 0.205. The zero-order valence-electron chi connectivity index (χ0n) is 12.5. The van der Waals surface area contributed by atoms with Gasteiger partial charge < -0.3 is 4.74 Å². The van der Waals surface area contributed by atoms with E-state index >= 15 is 0 Å². The monoisotopic (exact) mass is 373 g/mol. The number of halogens is 2. The smallest absolute Gasteiger partial charge is 0.342 e. The van der Waals surface area contributed by atoms with Crippen molar-refractivity contribution in [3.8, 4) is 0 Å². The molecule has 1 saturated heterocycles. The molecule has 1 heterocycles. The van der Waals surface area contributed by atoms with Gasteiger partial charge in [0.1, 0.15) is 5.60 Å². The topological polar surface area (TPSA) is 55.7 Å². The third-order valence-electron chi connectivity index (χ3n) is 5.66. The molecule has 1 aromatic rings. The average molecular weight is 374 g/mol. The van der Waals surface area contributed by atoms with Crippen molar-refractivity contribution in [3.05, 3.63) is 34.3 Å². The summed E-state index contributed by atoms with van der Waals surface area (Å²) in [6, 6.07) is 6.02. The largest absolute Gasteiger partial charge is 0.473 e. The highest BCUT2D eigenvalue weighted by Crippen LogP contribution is 2.60. The van der Waals surface area contributed by atoms with E-state index in [1.54, 1.807) is 0 Å². The molecular formula is C16H17Cl2NO3S. The minimum Gasteiger partial charge on any atom is -0.473 e. The fraction of sp³-hybridized carbons (Fsp3) is 0.562. The van der Waals surface area contributed by atoms with Gasteiger partial charge in [-0.15, -0.1) is 4.40 Å². The lowest BCUT2D eigenvalue weighted by Gasteiger charge is -2.51. The SMILES string of the molecule is O=S(=O)(Cl)/N=C1/CC23CCCCC2(CCc2cc(Cl)ccc23)O1. The predicted octanol–water partition coefficient (Wildman–Crippen LogP) is 4.14. The van der Waals surface area contributed by atoms with Gasteiger partial charge in [-0.05, 0) is 55.4 Å². The van der Waals surface area contributed by atoms with Gasteiger partial charge in [0.05, 0.1) is 0 Å². The molecule has 2 unspecified atom stereocenters. The van der Waals surface area contributed by atoms with Crippen molar-refractivity contribution in [1.82, 2.24) is 0 Å². The van der Waals surface area contributed by atoms with Crippen molar-refractivity contribution in [2.45, 2.75) is 56.0 Å². The molecule has 3 aliphatic rings. The first-order valence-corrected chi connectivity index (χ1v) is 10.5. The average Bonchev–Trinajstić information content (AvgIpc) is 2.79. The number of hydrogen-bond acceptors (Lipinski definition) is 3. The Morgan fingerprint density at radius 2 is 1.96 bits per heavy atom. The van der Waals surface area contributed by atoms with Gasteiger partial charge in [-0.25, -0.2) is 0 Å². The van der Waals surface area contributed by atoms with Gasteiger partial charge >= 0.3 is 9.24 Å². The van der Waals surface area contributed by atoms with Crippen molar-refractivity contribution in [2.75, 3.05) is 0 Å². The van der Waals surface area contributed by atoms with Crippen molar-refractivity contribution in [1.29, 1.82) is 0 Å². The lowest BCUT2D eigenvalue weighted by Crippen LogP contribution is -2.53. The minimum atomic E-state index is -3.97. The second-order valence-electron chi connectivity index (χ2n) is 6.76. The van der Waals surface area contributed by atoms with E-state index in [4.69, 9.17) is 27.0 Å². The van der Waals surface area contributed by atoms with E-state index in [0.29, 0.717) is 6.42 Å². The van der Waals surface area contributed by atoms with Crippen LogP contribution in [0.4, 0.5) is 0 Å². The Balaban J connectivity index is 1.89. The molecule has 1 aromatic carbocycles. The number of ether oxygens (including phenoxy) is 1. The van der Waals surface area contributed by atoms with Crippen LogP contribution < -0.4 is 0 Å². The van der Waals surface area contributed by atoms with E-state index < -0.39 is 9.24 Å². The first-order valence-electron chi connectivity index (χ1n) is 7.85. The van der Waals surface area contributed by atoms with E-state index in [9.17, 15) is 8.42 Å². The summed E-state index contributed by atoms with van der Waals surface area (Å²) in [6.45, 7) is 0. The van der Waals surface area contributed by atoms with Gasteiger partial charge in [0.15, 0.2) is 0 Å². The second kappa shape index (κ2) is 5.11. The Kier molecular flexibility index (Phi) is 3.49. The highest BCUT2D eigenvalue weighted by atomic mass is 35.7. The molecule has 124 valence electrons. The van der Waals surface area contributed by atoms with Crippen LogP contribution in [0.3, 0.4) is 0 Å². The molecule has 0 spiro atoms. The van der Waals surface area contributed by atoms with Gasteiger partial charge in [-0.2, -0.15) is 8.42 Å². The third-order valence-corrected chi connectivity index (χ3v) is 6.53. The number of aryl methyl sites for hydroxylation is 1. The fourth-order valence-electron chi connectivity index (χ4n) is 4.86. The highest BCUT2D eigenvalue weighted by Gasteiger charge is 2.63. The summed E-state index contributed by atoms with van der Waals surface area (Å²) in [5, 5.41) is 0.736. The molecule has 0 radical (unpaired) electrons. The molecule has 2 aliphatic carbocycles. The standard InChI is InChI=1S/C16H17Cl2NO3S/c17-12-3-4-13-11(9-12)5-8-16-7-2-1-6-15(13,16)10-14(22-16)19-23(18,20)21/h3-4,9H,1-2,5-8,10H2/b19-14-. The first-order chi connectivity index (χ1) is 10.8. The number of benzene rings is 1. The summed E-state index contributed by atoms with van der Waals surface area (Å²) in [6.07, 6.45) is 6.34. The van der Waals surface area contributed by atoms with Crippen molar-refractivity contribution in [2.24, 2.45) is 4.40 Å². The van der Waals surface area contributed by atoms with E-state index in [-0.39, 0.29) is 16.9 Å². The van der Waals surface area contributed by atoms with E-state index in [0.717, 1.165) is 43.5 Å². The molecule has 4 nitrogen and oxygen atoms in total. The molecule has 2 fully saturated rings. The molecule has 2 atom stereocenters. The molecule has 23 heavy (non-hydrogen) atoms. The summed E-state index contributed by atoms with van der Waals surface area (Å²) in [5.74, 6) is 0.254. The number of fused-ring (bicyclic) bond motifs is 1. The lowest BCUT2D eigenvalue weighted by molar-refractivity contribution is -0.0324. The van der Waals surface area contributed by atoms with Gasteiger partial charge in [-0.1, -0.05) is 24.1 Å². The van der Waals surface area contributed by atoms with Crippen LogP contribution in [0.1, 0.15) is 49.7 Å². The summed E-state index contributed by atoms with van der Waals surface area (Å²) < 4.78 is 32.5. The molecular weight excluding hydrogens is 357 g/mol. The second-order valence-corrected chi connectivity index (χ2v) is 9.37. The summed E-state index contributed by atoms with van der Waals surface area (Å²) in [4.78, 5) is 0. The first kappa shape index (κ1) is 15.7. The number of hydrogen-bond donors (Lipinski definition) is 0. The Morgan fingerprint density at radius 3 is 2.74 bits per heavy atom. The summed E-state index contributed by atoms with van der Waals surface area (Å²) >= 11 is 6.15. The van der Waals surface area contributed by atoms with E-state index in [1.165, 1.54) is 11.1 Å². The molecule has 0 N–H and O–H groups in total. The molecule has 7 heteroatoms. The van der Waals surface area contributed by atoms with Gasteiger partial charge in [0.25, 0.3) is 0 Å². The molecule has 1 saturated carbocycles. The normalized spacial score (nSPS) is 34.4. The predicted molar refractivity (Wildman–Crippen MR) is 90.6 cm³/mol. The Hall–Kier alpha value is -0.780. The van der Waals surface area contributed by atoms with Crippen LogP contribution >= 0.6 is 22.3 Å². The number of rotatable bonds is 1. The van der Waals surface area contributed by atoms with E-state index in [1.807, 2.05) is 12.1 Å². The lowest BCUT2D eigenvalue weighted by atomic mass is 9.54. The van der Waals surface area contributed by atoms with Crippen LogP contribution in [0.5, 0.6) is 0 Å². The van der Waals surface area contributed by atoms with Crippen LogP contribution in [0.25, 0.3) is 0 Å². The van der Waals surface area contributed by atoms with Crippen molar-refractivity contribution >= 4 is 37.4 Å². The van der Waals surface area contributed by atoms with Crippen LogP contribution in [-0.4, -0.2) is 19.9 Å². The summed E-state index contributed by atoms with van der Waals surface area (Å²) in [5.41, 5.74) is 1.93. The van der Waals surface area contributed by atoms with Crippen molar-refractivity contribution in [3.63, 3.8) is 0 Å². The van der Waals surface area contributed by atoms with Gasteiger partial charge in [-0.3, -0.25) is 0 Å². The van der Waals surface area contributed by atoms with E-state index in [2.05, 4.69) is 10.5 Å². The summed E-state index contributed by atoms with van der Waals surface area (Å²) in [7, 11) is 1.34. The number of nitrogens with zero attached hydrogens (tertiary/aromatic N) is 1. The van der Waals surface area contributed by atoms with Gasteiger partial charge in [0.2, 0.25) is 5.90 Å². The zero-order chi connectivity index (χ0) is 16.3. The fourth-order valence-corrected chi connectivity index (χ4v) is 5.63. The van der Waals surface area contributed by atoms with Crippen LogP contribution in [0.15, 0.2) is 22.6 Å². The molecule has 0 aromatic heterocycles. The van der Waals surface area contributed by atoms with Gasteiger partial charge in [0, 0.05) is 27.5 Å². The molecule has 1 aliphatic heterocycles. The molecule has 4 rings (SSSR count). The quantitative estimate of drug-likeness (QED) is 0.695. The highest BCUT2D eigenvalue weighted by molar-refractivity contribution is 8.12. The third kappa shape index (κ3) is 2.39. The van der Waals surface area contributed by atoms with Crippen LogP contribution in [-0.2, 0) is 25.8 Å². The molecule has 0 bridgehead atoms. The van der Waals surface area contributed by atoms with Crippen molar-refractivity contribution < 1.29 is 13.2 Å². The zero-order valence-corrected chi connectivity index (χ0v) is 14.8. The Morgan fingerprint density at radius 1 is 1.17 bits per heavy atom. The maximum Gasteiger partial charge on any atom is 0.342 e. The maximum atomic E-state index is 11.4.